The molecule has 0 saturated heterocycles. The number of carbonyl (C=O) groups excluding carboxylic acids is 1. The fraction of sp³-hybridized carbons (Fsp3) is 0.154. The molecule has 0 unspecified atom stereocenters. The van der Waals surface area contributed by atoms with E-state index in [-0.39, 0.29) is 5.91 Å². The smallest absolute Gasteiger partial charge is 0.257 e. The molecule has 1 aromatic carbocycles. The highest BCUT2D eigenvalue weighted by Crippen LogP contribution is 2.13. The summed E-state index contributed by atoms with van der Waals surface area (Å²) < 4.78 is 5.93. The Bertz CT molecular complexity index is 491. The topological polar surface area (TPSA) is 33.5 Å². The largest absolute Gasteiger partial charge is 0.472 e. The third kappa shape index (κ3) is 2.97. The maximum atomic E-state index is 11.9. The molecule has 2 aromatic rings. The van der Waals surface area contributed by atoms with E-state index >= 15 is 0 Å². The van der Waals surface area contributed by atoms with Crippen molar-refractivity contribution >= 4 is 21.8 Å². The van der Waals surface area contributed by atoms with Crippen LogP contribution in [0.25, 0.3) is 0 Å². The van der Waals surface area contributed by atoms with Gasteiger partial charge in [0.15, 0.2) is 0 Å². The van der Waals surface area contributed by atoms with Gasteiger partial charge >= 0.3 is 0 Å². The Morgan fingerprint density at radius 3 is 2.59 bits per heavy atom. The van der Waals surface area contributed by atoms with E-state index in [0.29, 0.717) is 12.1 Å². The van der Waals surface area contributed by atoms with Crippen molar-refractivity contribution in [3.05, 3.63) is 58.5 Å². The molecule has 1 aromatic heterocycles. The van der Waals surface area contributed by atoms with E-state index in [4.69, 9.17) is 4.42 Å². The van der Waals surface area contributed by atoms with Crippen molar-refractivity contribution in [2.75, 3.05) is 7.05 Å². The van der Waals surface area contributed by atoms with Gasteiger partial charge in [-0.1, -0.05) is 28.1 Å². The maximum absolute atomic E-state index is 11.9. The number of amides is 1. The van der Waals surface area contributed by atoms with Crippen LogP contribution in [0.3, 0.4) is 0 Å². The van der Waals surface area contributed by atoms with Crippen LogP contribution in [-0.4, -0.2) is 17.9 Å². The number of hydrogen-bond donors (Lipinski definition) is 0. The Kier molecular flexibility index (Phi) is 3.64. The van der Waals surface area contributed by atoms with Gasteiger partial charge in [-0.05, 0) is 23.8 Å². The van der Waals surface area contributed by atoms with Gasteiger partial charge in [-0.3, -0.25) is 4.79 Å². The standard InChI is InChI=1S/C13H12BrNO2/c1-15(13(16)11-6-7-17-9-11)8-10-2-4-12(14)5-3-10/h2-7,9H,8H2,1H3. The van der Waals surface area contributed by atoms with Crippen LogP contribution in [0.5, 0.6) is 0 Å². The van der Waals surface area contributed by atoms with E-state index < -0.39 is 0 Å². The molecular formula is C13H12BrNO2. The SMILES string of the molecule is CN(Cc1ccc(Br)cc1)C(=O)c1ccoc1. The molecule has 0 aliphatic carbocycles. The van der Waals surface area contributed by atoms with E-state index in [0.717, 1.165) is 10.0 Å². The number of carbonyl (C=O) groups is 1. The lowest BCUT2D eigenvalue weighted by molar-refractivity contribution is 0.0784. The first-order chi connectivity index (χ1) is 8.16. The summed E-state index contributed by atoms with van der Waals surface area (Å²) in [4.78, 5) is 13.6. The highest BCUT2D eigenvalue weighted by atomic mass is 79.9. The second kappa shape index (κ2) is 5.19. The van der Waals surface area contributed by atoms with Crippen molar-refractivity contribution in [2.24, 2.45) is 0 Å². The van der Waals surface area contributed by atoms with Crippen LogP contribution in [0.1, 0.15) is 15.9 Å². The Balaban J connectivity index is 2.04. The Hall–Kier alpha value is -1.55. The molecule has 0 saturated carbocycles. The van der Waals surface area contributed by atoms with Crippen molar-refractivity contribution in [1.29, 1.82) is 0 Å². The molecule has 1 amide bonds. The van der Waals surface area contributed by atoms with Crippen LogP contribution >= 0.6 is 15.9 Å². The molecule has 0 spiro atoms. The third-order valence-corrected chi connectivity index (χ3v) is 2.98. The lowest BCUT2D eigenvalue weighted by Gasteiger charge is -2.16. The number of halogens is 1. The van der Waals surface area contributed by atoms with Crippen LogP contribution < -0.4 is 0 Å². The van der Waals surface area contributed by atoms with Crippen LogP contribution in [0.15, 0.2) is 51.7 Å². The molecule has 17 heavy (non-hydrogen) atoms. The minimum absolute atomic E-state index is 0.0401. The Labute approximate surface area is 108 Å². The van der Waals surface area contributed by atoms with Crippen LogP contribution in [-0.2, 0) is 6.54 Å². The van der Waals surface area contributed by atoms with Gasteiger partial charge in [-0.15, -0.1) is 0 Å². The van der Waals surface area contributed by atoms with E-state index in [2.05, 4.69) is 15.9 Å². The second-order valence-electron chi connectivity index (χ2n) is 3.80. The Morgan fingerprint density at radius 1 is 1.29 bits per heavy atom. The molecule has 2 rings (SSSR count). The molecule has 0 radical (unpaired) electrons. The summed E-state index contributed by atoms with van der Waals surface area (Å²) in [5.74, 6) is -0.0401. The molecule has 0 aliphatic rings. The molecule has 0 N–H and O–H groups in total. The molecule has 0 atom stereocenters. The number of rotatable bonds is 3. The number of nitrogens with zero attached hydrogens (tertiary/aromatic N) is 1. The maximum Gasteiger partial charge on any atom is 0.257 e. The highest BCUT2D eigenvalue weighted by Gasteiger charge is 2.12. The summed E-state index contributed by atoms with van der Waals surface area (Å²) in [5, 5.41) is 0. The van der Waals surface area contributed by atoms with E-state index in [1.54, 1.807) is 18.0 Å². The summed E-state index contributed by atoms with van der Waals surface area (Å²) in [6.07, 6.45) is 2.96. The first-order valence-corrected chi connectivity index (χ1v) is 5.98. The normalized spacial score (nSPS) is 10.2. The third-order valence-electron chi connectivity index (χ3n) is 2.45. The molecule has 88 valence electrons. The predicted molar refractivity (Wildman–Crippen MR) is 68.6 cm³/mol. The van der Waals surface area contributed by atoms with E-state index in [1.807, 2.05) is 24.3 Å². The van der Waals surface area contributed by atoms with Crippen molar-refractivity contribution < 1.29 is 9.21 Å². The minimum atomic E-state index is -0.0401. The van der Waals surface area contributed by atoms with Gasteiger partial charge in [0.25, 0.3) is 5.91 Å². The minimum Gasteiger partial charge on any atom is -0.472 e. The van der Waals surface area contributed by atoms with Gasteiger partial charge in [0, 0.05) is 18.1 Å². The lowest BCUT2D eigenvalue weighted by atomic mass is 10.2. The highest BCUT2D eigenvalue weighted by molar-refractivity contribution is 9.10. The molecule has 1 heterocycles. The molecule has 0 aliphatic heterocycles. The zero-order chi connectivity index (χ0) is 12.3. The fourth-order valence-corrected chi connectivity index (χ4v) is 1.81. The zero-order valence-electron chi connectivity index (χ0n) is 9.39. The van der Waals surface area contributed by atoms with Gasteiger partial charge in [0.05, 0.1) is 11.8 Å². The summed E-state index contributed by atoms with van der Waals surface area (Å²) in [6.45, 7) is 0.581. The van der Waals surface area contributed by atoms with Crippen molar-refractivity contribution in [1.82, 2.24) is 4.90 Å². The van der Waals surface area contributed by atoms with Gasteiger partial charge in [-0.25, -0.2) is 0 Å². The molecule has 3 nitrogen and oxygen atoms in total. The summed E-state index contributed by atoms with van der Waals surface area (Å²) >= 11 is 3.38. The van der Waals surface area contributed by atoms with Crippen molar-refractivity contribution in [2.45, 2.75) is 6.54 Å². The lowest BCUT2D eigenvalue weighted by Crippen LogP contribution is -2.25. The molecule has 0 bridgehead atoms. The molecular weight excluding hydrogens is 282 g/mol. The van der Waals surface area contributed by atoms with Gasteiger partial charge in [-0.2, -0.15) is 0 Å². The quantitative estimate of drug-likeness (QED) is 0.870. The fourth-order valence-electron chi connectivity index (χ4n) is 1.54. The second-order valence-corrected chi connectivity index (χ2v) is 4.72. The number of furan rings is 1. The Morgan fingerprint density at radius 2 is 2.00 bits per heavy atom. The van der Waals surface area contributed by atoms with Crippen LogP contribution in [0.2, 0.25) is 0 Å². The summed E-state index contributed by atoms with van der Waals surface area (Å²) in [5.41, 5.74) is 1.66. The molecule has 0 fully saturated rings. The van der Waals surface area contributed by atoms with Crippen LogP contribution in [0.4, 0.5) is 0 Å². The molecule has 4 heteroatoms. The average molecular weight is 294 g/mol. The summed E-state index contributed by atoms with van der Waals surface area (Å²) in [6, 6.07) is 9.57. The average Bonchev–Trinajstić information content (AvgIpc) is 2.84. The zero-order valence-corrected chi connectivity index (χ0v) is 11.0. The van der Waals surface area contributed by atoms with Crippen molar-refractivity contribution in [3.8, 4) is 0 Å². The number of benzene rings is 1. The van der Waals surface area contributed by atoms with Crippen LogP contribution in [0, 0.1) is 0 Å². The van der Waals surface area contributed by atoms with E-state index in [1.165, 1.54) is 12.5 Å². The van der Waals surface area contributed by atoms with Gasteiger partial charge < -0.3 is 9.32 Å². The first kappa shape index (κ1) is 11.9. The first-order valence-electron chi connectivity index (χ1n) is 5.19. The monoisotopic (exact) mass is 293 g/mol. The predicted octanol–water partition coefficient (Wildman–Crippen LogP) is 3.31. The summed E-state index contributed by atoms with van der Waals surface area (Å²) in [7, 11) is 1.78. The van der Waals surface area contributed by atoms with Gasteiger partial charge in [0.1, 0.15) is 6.26 Å². The van der Waals surface area contributed by atoms with Crippen molar-refractivity contribution in [3.63, 3.8) is 0 Å². The van der Waals surface area contributed by atoms with E-state index in [9.17, 15) is 4.79 Å². The van der Waals surface area contributed by atoms with Gasteiger partial charge in [0.2, 0.25) is 0 Å². The number of hydrogen-bond acceptors (Lipinski definition) is 2.